The third-order valence-electron chi connectivity index (χ3n) is 5.18. The molecule has 0 N–H and O–H groups in total. The summed E-state index contributed by atoms with van der Waals surface area (Å²) >= 11 is 0. The maximum Gasteiger partial charge on any atom is 0.460 e. The lowest BCUT2D eigenvalue weighted by Crippen LogP contribution is -2.74. The van der Waals surface area contributed by atoms with Crippen molar-refractivity contribution in [3.63, 3.8) is 0 Å². The fraction of sp³-hybridized carbons (Fsp3) is 0.571. The number of ether oxygens (including phenoxy) is 2. The van der Waals surface area contributed by atoms with Crippen LogP contribution >= 0.6 is 0 Å². The molecular formula is C21H15F17O3. The molecule has 0 atom stereocenters. The second kappa shape index (κ2) is 11.4. The standard InChI is InChI=1S/C21H15F17O3/c1-40-13(39)8-5-11-3-6-12(7-4-11)41-10-2-9-14(22,23)15(24,25)16(26,27)17(28,29)18(30,31)19(32,33)20(34,35)21(36,37)38/h3-8H,2,9-10H2,1H3. The fourth-order valence-corrected chi connectivity index (χ4v) is 2.75. The molecule has 1 rings (SSSR count). The maximum atomic E-state index is 13.9. The van der Waals surface area contributed by atoms with E-state index in [2.05, 4.69) is 4.74 Å². The molecule has 1 aromatic carbocycles. The zero-order valence-corrected chi connectivity index (χ0v) is 19.7. The van der Waals surface area contributed by atoms with Crippen LogP contribution in [0.4, 0.5) is 74.6 Å². The second-order valence-corrected chi connectivity index (χ2v) is 8.03. The summed E-state index contributed by atoms with van der Waals surface area (Å²) < 4.78 is 234. The summed E-state index contributed by atoms with van der Waals surface area (Å²) in [7, 11) is 1.07. The Balaban J connectivity index is 3.10. The molecule has 3 nitrogen and oxygen atoms in total. The van der Waals surface area contributed by atoms with Gasteiger partial charge in [0.25, 0.3) is 0 Å². The summed E-state index contributed by atoms with van der Waals surface area (Å²) in [5.41, 5.74) is 0.340. The maximum absolute atomic E-state index is 13.9. The Hall–Kier alpha value is -2.96. The molecular weight excluding hydrogens is 623 g/mol. The van der Waals surface area contributed by atoms with Crippen LogP contribution in [0, 0.1) is 0 Å². The van der Waals surface area contributed by atoms with Gasteiger partial charge in [0.1, 0.15) is 5.75 Å². The predicted molar refractivity (Wildman–Crippen MR) is 103 cm³/mol. The largest absolute Gasteiger partial charge is 0.494 e. The molecule has 20 heteroatoms. The van der Waals surface area contributed by atoms with Crippen molar-refractivity contribution >= 4 is 12.0 Å². The molecule has 0 radical (unpaired) electrons. The Morgan fingerprint density at radius 3 is 1.49 bits per heavy atom. The number of esters is 1. The molecule has 0 saturated heterocycles. The van der Waals surface area contributed by atoms with E-state index < -0.39 is 73.1 Å². The number of carbonyl (C=O) groups excluding carboxylic acids is 1. The van der Waals surface area contributed by atoms with Gasteiger partial charge >= 0.3 is 53.6 Å². The highest BCUT2D eigenvalue weighted by molar-refractivity contribution is 5.86. The van der Waals surface area contributed by atoms with Gasteiger partial charge in [0.2, 0.25) is 0 Å². The molecule has 0 aromatic heterocycles. The van der Waals surface area contributed by atoms with E-state index in [-0.39, 0.29) is 5.75 Å². The Bertz CT molecular complexity index is 1080. The van der Waals surface area contributed by atoms with Gasteiger partial charge in [0.05, 0.1) is 13.7 Å². The summed E-state index contributed by atoms with van der Waals surface area (Å²) in [4.78, 5) is 11.0. The minimum absolute atomic E-state index is 0.195. The minimum Gasteiger partial charge on any atom is -0.494 e. The summed E-state index contributed by atoms with van der Waals surface area (Å²) in [6.45, 7) is -1.06. The van der Waals surface area contributed by atoms with E-state index in [0.717, 1.165) is 25.3 Å². The van der Waals surface area contributed by atoms with Gasteiger partial charge in [0, 0.05) is 12.5 Å². The number of rotatable bonds is 13. The van der Waals surface area contributed by atoms with Gasteiger partial charge in [-0.1, -0.05) is 12.1 Å². The van der Waals surface area contributed by atoms with Gasteiger partial charge < -0.3 is 9.47 Å². The molecule has 0 bridgehead atoms. The topological polar surface area (TPSA) is 35.5 Å². The summed E-state index contributed by atoms with van der Waals surface area (Å²) in [5, 5.41) is 0. The molecule has 0 spiro atoms. The zero-order chi connectivity index (χ0) is 32.5. The first-order valence-corrected chi connectivity index (χ1v) is 10.4. The van der Waals surface area contributed by atoms with Crippen molar-refractivity contribution in [2.45, 2.75) is 60.5 Å². The number of carbonyl (C=O) groups is 1. The van der Waals surface area contributed by atoms with E-state index in [1.807, 2.05) is 0 Å². The van der Waals surface area contributed by atoms with Crippen LogP contribution in [-0.2, 0) is 9.53 Å². The molecule has 1 aromatic rings. The normalized spacial score (nSPS) is 14.9. The minimum atomic E-state index is -8.65. The lowest BCUT2D eigenvalue weighted by molar-refractivity contribution is -0.461. The van der Waals surface area contributed by atoms with E-state index in [4.69, 9.17) is 4.74 Å². The number of halogens is 17. The van der Waals surface area contributed by atoms with Crippen molar-refractivity contribution < 1.29 is 88.9 Å². The van der Waals surface area contributed by atoms with Crippen molar-refractivity contribution in [3.8, 4) is 5.75 Å². The van der Waals surface area contributed by atoms with Gasteiger partial charge in [0.15, 0.2) is 0 Å². The molecule has 0 aliphatic carbocycles. The van der Waals surface area contributed by atoms with Gasteiger partial charge in [-0.05, 0) is 30.2 Å². The number of methoxy groups -OCH3 is 1. The van der Waals surface area contributed by atoms with E-state index in [0.29, 0.717) is 5.56 Å². The quantitative estimate of drug-likeness (QED) is 0.0950. The average Bonchev–Trinajstić information content (AvgIpc) is 2.84. The zero-order valence-electron chi connectivity index (χ0n) is 19.7. The van der Waals surface area contributed by atoms with Crippen molar-refractivity contribution in [2.24, 2.45) is 0 Å². The number of benzene rings is 1. The number of alkyl halides is 17. The van der Waals surface area contributed by atoms with Gasteiger partial charge in [-0.15, -0.1) is 0 Å². The number of hydrogen-bond acceptors (Lipinski definition) is 3. The molecule has 0 heterocycles. The Kier molecular flexibility index (Phi) is 10.0. The Labute approximate surface area is 217 Å². The lowest BCUT2D eigenvalue weighted by Gasteiger charge is -2.42. The highest BCUT2D eigenvalue weighted by atomic mass is 19.4. The predicted octanol–water partition coefficient (Wildman–Crippen LogP) is 8.04. The van der Waals surface area contributed by atoms with Crippen LogP contribution in [0.3, 0.4) is 0 Å². The fourth-order valence-electron chi connectivity index (χ4n) is 2.75. The summed E-state index contributed by atoms with van der Waals surface area (Å²) in [6, 6.07) is 4.71. The summed E-state index contributed by atoms with van der Waals surface area (Å²) in [6.07, 6.45) is -9.58. The molecule has 0 aliphatic rings. The van der Waals surface area contributed by atoms with Crippen LogP contribution in [0.15, 0.2) is 30.3 Å². The molecule has 236 valence electrons. The van der Waals surface area contributed by atoms with E-state index in [1.165, 1.54) is 18.2 Å². The lowest BCUT2D eigenvalue weighted by atomic mass is 9.88. The van der Waals surface area contributed by atoms with E-state index >= 15 is 0 Å². The van der Waals surface area contributed by atoms with Crippen LogP contribution in [0.5, 0.6) is 5.75 Å². The van der Waals surface area contributed by atoms with Gasteiger partial charge in [-0.25, -0.2) is 4.79 Å². The van der Waals surface area contributed by atoms with Gasteiger partial charge in [-0.3, -0.25) is 0 Å². The van der Waals surface area contributed by atoms with Crippen molar-refractivity contribution in [2.75, 3.05) is 13.7 Å². The smallest absolute Gasteiger partial charge is 0.460 e. The SMILES string of the molecule is COC(=O)C=Cc1ccc(OCCCC(F)(F)C(F)(F)C(F)(F)C(F)(F)C(F)(F)C(F)(F)C(F)(F)C(F)(F)F)cc1. The Morgan fingerprint density at radius 1 is 0.659 bits per heavy atom. The first-order valence-electron chi connectivity index (χ1n) is 10.4. The average molecular weight is 638 g/mol. The monoisotopic (exact) mass is 638 g/mol. The van der Waals surface area contributed by atoms with E-state index in [1.54, 1.807) is 0 Å². The van der Waals surface area contributed by atoms with Crippen LogP contribution in [-0.4, -0.2) is 67.3 Å². The molecule has 0 aliphatic heterocycles. The first kappa shape index (κ1) is 36.1. The summed E-state index contributed by atoms with van der Waals surface area (Å²) in [5.74, 6) is -57.4. The molecule has 0 fully saturated rings. The highest BCUT2D eigenvalue weighted by Gasteiger charge is 2.95. The third kappa shape index (κ3) is 6.29. The van der Waals surface area contributed by atoms with Crippen LogP contribution in [0.2, 0.25) is 0 Å². The van der Waals surface area contributed by atoms with Crippen molar-refractivity contribution in [1.29, 1.82) is 0 Å². The number of hydrogen-bond donors (Lipinski definition) is 0. The van der Waals surface area contributed by atoms with Gasteiger partial charge in [-0.2, -0.15) is 74.6 Å². The van der Waals surface area contributed by atoms with Crippen LogP contribution in [0.1, 0.15) is 18.4 Å². The molecule has 0 amide bonds. The van der Waals surface area contributed by atoms with Crippen LogP contribution in [0.25, 0.3) is 6.08 Å². The van der Waals surface area contributed by atoms with Crippen molar-refractivity contribution in [3.05, 3.63) is 35.9 Å². The molecule has 41 heavy (non-hydrogen) atoms. The van der Waals surface area contributed by atoms with E-state index in [9.17, 15) is 79.4 Å². The molecule has 0 unspecified atom stereocenters. The van der Waals surface area contributed by atoms with Crippen molar-refractivity contribution in [1.82, 2.24) is 0 Å². The third-order valence-corrected chi connectivity index (χ3v) is 5.18. The second-order valence-electron chi connectivity index (χ2n) is 8.03. The van der Waals surface area contributed by atoms with Crippen LogP contribution < -0.4 is 4.74 Å². The Morgan fingerprint density at radius 2 is 1.07 bits per heavy atom. The molecule has 0 saturated carbocycles. The first-order chi connectivity index (χ1) is 18.2. The highest BCUT2D eigenvalue weighted by Crippen LogP contribution is 2.64.